The highest BCUT2D eigenvalue weighted by molar-refractivity contribution is 7.09. The average molecular weight is 337 g/mol. The monoisotopic (exact) mass is 337 g/mol. The van der Waals surface area contributed by atoms with Gasteiger partial charge in [0.25, 0.3) is 0 Å². The van der Waals surface area contributed by atoms with Crippen molar-refractivity contribution < 1.29 is 9.59 Å². The Hall–Kier alpha value is -1.43. The first-order valence-electron chi connectivity index (χ1n) is 8.25. The summed E-state index contributed by atoms with van der Waals surface area (Å²) in [5.74, 6) is 0.511. The van der Waals surface area contributed by atoms with Crippen LogP contribution in [-0.4, -0.2) is 41.3 Å². The summed E-state index contributed by atoms with van der Waals surface area (Å²) >= 11 is 1.75. The highest BCUT2D eigenvalue weighted by Gasteiger charge is 2.27. The zero-order valence-electron chi connectivity index (χ0n) is 14.5. The highest BCUT2D eigenvalue weighted by Crippen LogP contribution is 2.33. The van der Waals surface area contributed by atoms with Crippen LogP contribution in [0.15, 0.2) is 5.38 Å². The largest absolute Gasteiger partial charge is 0.356 e. The van der Waals surface area contributed by atoms with Gasteiger partial charge < -0.3 is 10.2 Å². The molecule has 5 nitrogen and oxygen atoms in total. The van der Waals surface area contributed by atoms with Crippen LogP contribution in [0, 0.1) is 0 Å². The lowest BCUT2D eigenvalue weighted by Gasteiger charge is -2.31. The van der Waals surface area contributed by atoms with Crippen LogP contribution >= 0.6 is 11.3 Å². The molecule has 1 aromatic rings. The molecule has 2 amide bonds. The number of rotatable bonds is 4. The maximum atomic E-state index is 12.1. The summed E-state index contributed by atoms with van der Waals surface area (Å²) in [6, 6.07) is 0. The number of amides is 2. The molecular formula is C17H27N3O2S. The summed E-state index contributed by atoms with van der Waals surface area (Å²) in [7, 11) is 0. The van der Waals surface area contributed by atoms with Gasteiger partial charge in [0.1, 0.15) is 0 Å². The van der Waals surface area contributed by atoms with E-state index < -0.39 is 0 Å². The molecule has 0 radical (unpaired) electrons. The molecule has 6 heteroatoms. The first kappa shape index (κ1) is 17.9. The molecule has 0 spiro atoms. The molecule has 0 bridgehead atoms. The van der Waals surface area contributed by atoms with Gasteiger partial charge >= 0.3 is 0 Å². The minimum Gasteiger partial charge on any atom is -0.356 e. The van der Waals surface area contributed by atoms with E-state index in [2.05, 4.69) is 31.5 Å². The van der Waals surface area contributed by atoms with E-state index in [0.29, 0.717) is 18.9 Å². The second-order valence-corrected chi connectivity index (χ2v) is 8.10. The van der Waals surface area contributed by atoms with Gasteiger partial charge in [-0.1, -0.05) is 20.8 Å². The molecule has 1 saturated heterocycles. The molecule has 128 valence electrons. The molecule has 0 unspecified atom stereocenters. The van der Waals surface area contributed by atoms with E-state index in [1.165, 1.54) is 11.9 Å². The van der Waals surface area contributed by atoms with E-state index >= 15 is 0 Å². The van der Waals surface area contributed by atoms with Gasteiger partial charge in [-0.15, -0.1) is 11.3 Å². The van der Waals surface area contributed by atoms with Gasteiger partial charge in [0.15, 0.2) is 0 Å². The molecule has 1 aliphatic rings. The summed E-state index contributed by atoms with van der Waals surface area (Å²) in [5.41, 5.74) is 1.25. The third-order valence-corrected chi connectivity index (χ3v) is 5.21. The van der Waals surface area contributed by atoms with E-state index in [-0.39, 0.29) is 17.2 Å². The predicted molar refractivity (Wildman–Crippen MR) is 92.7 cm³/mol. The minimum absolute atomic E-state index is 0.0880. The molecule has 0 aliphatic carbocycles. The number of likely N-dealkylation sites (tertiary alicyclic amines) is 1. The Balaban J connectivity index is 1.83. The molecular weight excluding hydrogens is 310 g/mol. The standard InChI is InChI=1S/C17H27N3O2S/c1-12(21)18-8-5-15(22)20-9-6-13(7-10-20)16-19-14(11-23-16)17(2,3)4/h11,13H,5-10H2,1-4H3,(H,18,21). The number of nitrogens with zero attached hydrogens (tertiary/aromatic N) is 2. The SMILES string of the molecule is CC(=O)NCCC(=O)N1CCC(c2nc(C(C)(C)C)cs2)CC1. The van der Waals surface area contributed by atoms with Crippen molar-refractivity contribution in [3.05, 3.63) is 16.1 Å². The van der Waals surface area contributed by atoms with Crippen molar-refractivity contribution in [3.8, 4) is 0 Å². The van der Waals surface area contributed by atoms with Crippen LogP contribution in [-0.2, 0) is 15.0 Å². The van der Waals surface area contributed by atoms with Crippen LogP contribution in [0.1, 0.15) is 63.6 Å². The topological polar surface area (TPSA) is 62.3 Å². The number of thiazole rings is 1. The molecule has 0 saturated carbocycles. The molecule has 2 rings (SSSR count). The van der Waals surface area contributed by atoms with E-state index in [0.717, 1.165) is 31.6 Å². The van der Waals surface area contributed by atoms with E-state index in [9.17, 15) is 9.59 Å². The Labute approximate surface area is 142 Å². The van der Waals surface area contributed by atoms with Gasteiger partial charge in [0.2, 0.25) is 11.8 Å². The molecule has 1 N–H and O–H groups in total. The normalized spacial score (nSPS) is 16.4. The molecule has 0 aromatic carbocycles. The third-order valence-electron chi connectivity index (χ3n) is 4.20. The van der Waals surface area contributed by atoms with E-state index in [4.69, 9.17) is 4.98 Å². The lowest BCUT2D eigenvalue weighted by atomic mass is 9.93. The minimum atomic E-state index is -0.0880. The highest BCUT2D eigenvalue weighted by atomic mass is 32.1. The van der Waals surface area contributed by atoms with Gasteiger partial charge in [-0.3, -0.25) is 9.59 Å². The molecule has 1 fully saturated rings. The third kappa shape index (κ3) is 5.03. The van der Waals surface area contributed by atoms with Crippen molar-refractivity contribution in [2.75, 3.05) is 19.6 Å². The van der Waals surface area contributed by atoms with Gasteiger partial charge in [-0.25, -0.2) is 4.98 Å². The number of hydrogen-bond donors (Lipinski definition) is 1. The van der Waals surface area contributed by atoms with Crippen molar-refractivity contribution in [3.63, 3.8) is 0 Å². The summed E-state index contributed by atoms with van der Waals surface area (Å²) in [4.78, 5) is 29.7. The number of aromatic nitrogens is 1. The van der Waals surface area contributed by atoms with Crippen LogP contribution in [0.25, 0.3) is 0 Å². The molecule has 0 atom stereocenters. The Morgan fingerprint density at radius 1 is 1.35 bits per heavy atom. The number of hydrogen-bond acceptors (Lipinski definition) is 4. The first-order valence-corrected chi connectivity index (χ1v) is 9.13. The van der Waals surface area contributed by atoms with Gasteiger partial charge in [-0.05, 0) is 12.8 Å². The lowest BCUT2D eigenvalue weighted by molar-refractivity contribution is -0.132. The lowest BCUT2D eigenvalue weighted by Crippen LogP contribution is -2.39. The Morgan fingerprint density at radius 3 is 2.52 bits per heavy atom. The zero-order valence-corrected chi connectivity index (χ0v) is 15.3. The van der Waals surface area contributed by atoms with Gasteiger partial charge in [0.05, 0.1) is 10.7 Å². The fourth-order valence-corrected chi connectivity index (χ4v) is 3.92. The Bertz CT molecular complexity index is 554. The van der Waals surface area contributed by atoms with Crippen molar-refractivity contribution in [2.24, 2.45) is 0 Å². The Morgan fingerprint density at radius 2 is 2.00 bits per heavy atom. The fraction of sp³-hybridized carbons (Fsp3) is 0.706. The number of nitrogens with one attached hydrogen (secondary N) is 1. The zero-order chi connectivity index (χ0) is 17.0. The van der Waals surface area contributed by atoms with E-state index in [1.807, 2.05) is 4.90 Å². The number of carbonyl (C=O) groups is 2. The van der Waals surface area contributed by atoms with Crippen LogP contribution in [0.2, 0.25) is 0 Å². The molecule has 1 aromatic heterocycles. The van der Waals surface area contributed by atoms with Crippen LogP contribution < -0.4 is 5.32 Å². The second-order valence-electron chi connectivity index (χ2n) is 7.21. The maximum Gasteiger partial charge on any atom is 0.224 e. The van der Waals surface area contributed by atoms with Crippen LogP contribution in [0.4, 0.5) is 0 Å². The predicted octanol–water partition coefficient (Wildman–Crippen LogP) is 2.67. The summed E-state index contributed by atoms with van der Waals surface area (Å²) in [6.07, 6.45) is 2.33. The molecule has 1 aliphatic heterocycles. The van der Waals surface area contributed by atoms with Crippen molar-refractivity contribution in [1.29, 1.82) is 0 Å². The van der Waals surface area contributed by atoms with Crippen LogP contribution in [0.5, 0.6) is 0 Å². The van der Waals surface area contributed by atoms with Crippen molar-refractivity contribution >= 4 is 23.2 Å². The summed E-state index contributed by atoms with van der Waals surface area (Å²) in [6.45, 7) is 10.0. The quantitative estimate of drug-likeness (QED) is 0.919. The Kier molecular flexibility index (Phi) is 5.79. The fourth-order valence-electron chi connectivity index (χ4n) is 2.70. The second kappa shape index (κ2) is 7.43. The van der Waals surface area contributed by atoms with E-state index in [1.54, 1.807) is 11.3 Å². The summed E-state index contributed by atoms with van der Waals surface area (Å²) in [5, 5.41) is 6.05. The van der Waals surface area contributed by atoms with Gasteiger partial charge in [0, 0.05) is 49.7 Å². The van der Waals surface area contributed by atoms with Crippen molar-refractivity contribution in [2.45, 2.75) is 58.3 Å². The number of piperidine rings is 1. The maximum absolute atomic E-state index is 12.1. The number of carbonyl (C=O) groups excluding carboxylic acids is 2. The first-order chi connectivity index (χ1) is 10.8. The summed E-state index contributed by atoms with van der Waals surface area (Å²) < 4.78 is 0. The molecule has 2 heterocycles. The average Bonchev–Trinajstić information content (AvgIpc) is 2.97. The van der Waals surface area contributed by atoms with Gasteiger partial charge in [-0.2, -0.15) is 0 Å². The van der Waals surface area contributed by atoms with Crippen molar-refractivity contribution in [1.82, 2.24) is 15.2 Å². The van der Waals surface area contributed by atoms with Crippen LogP contribution in [0.3, 0.4) is 0 Å². The molecule has 23 heavy (non-hydrogen) atoms. The smallest absolute Gasteiger partial charge is 0.224 e.